The van der Waals surface area contributed by atoms with Crippen molar-refractivity contribution in [1.82, 2.24) is 0 Å². The molecule has 0 bridgehead atoms. The van der Waals surface area contributed by atoms with Crippen LogP contribution in [0.5, 0.6) is 0 Å². The van der Waals surface area contributed by atoms with E-state index in [1.54, 1.807) is 0 Å². The molecule has 1 aliphatic heterocycles. The van der Waals surface area contributed by atoms with Crippen LogP contribution in [-0.2, 0) is 0 Å². The summed E-state index contributed by atoms with van der Waals surface area (Å²) in [5.74, 6) is -3.07. The second-order valence-electron chi connectivity index (χ2n) is 3.28. The number of hydrogen-bond donors (Lipinski definition) is 2. The quantitative estimate of drug-likeness (QED) is 0.694. The van der Waals surface area contributed by atoms with Crippen LogP contribution in [0.2, 0.25) is 0 Å². The van der Waals surface area contributed by atoms with Crippen LogP contribution in [0.1, 0.15) is 5.56 Å². The number of aliphatic hydroxyl groups is 1. The van der Waals surface area contributed by atoms with Crippen molar-refractivity contribution >= 4 is 11.4 Å². The van der Waals surface area contributed by atoms with Crippen molar-refractivity contribution in [2.24, 2.45) is 4.99 Å². The maximum Gasteiger partial charge on any atom is 0.433 e. The monoisotopic (exact) mass is 252 g/mol. The predicted molar refractivity (Wildman–Crippen MR) is 48.6 cm³/mol. The molecule has 0 amide bonds. The van der Waals surface area contributed by atoms with E-state index in [4.69, 9.17) is 5.11 Å². The number of aliphatic hydroxyl groups excluding tert-OH is 1. The number of aliphatic imine (C=N–C) groups is 1. The van der Waals surface area contributed by atoms with Gasteiger partial charge in [0.25, 0.3) is 0 Å². The Balaban J connectivity index is 2.68. The molecule has 1 aromatic rings. The normalized spacial score (nSPS) is 19.4. The van der Waals surface area contributed by atoms with Crippen LogP contribution in [0.15, 0.2) is 17.1 Å². The topological polar surface area (TPSA) is 44.6 Å². The largest absolute Gasteiger partial charge is 0.433 e. The lowest BCUT2D eigenvalue weighted by Crippen LogP contribution is -2.34. The maximum atomic E-state index is 13.3. The average Bonchev–Trinajstić information content (AvgIpc) is 2.21. The minimum absolute atomic E-state index is 0.362. The van der Waals surface area contributed by atoms with Crippen LogP contribution < -0.4 is 5.32 Å². The molecule has 0 spiro atoms. The molecule has 0 fully saturated rings. The third-order valence-corrected chi connectivity index (χ3v) is 2.14. The fourth-order valence-electron chi connectivity index (χ4n) is 1.48. The molecular weight excluding hydrogens is 247 g/mol. The van der Waals surface area contributed by atoms with Gasteiger partial charge in [-0.15, -0.1) is 0 Å². The first-order chi connectivity index (χ1) is 7.80. The number of anilines is 1. The highest BCUT2D eigenvalue weighted by atomic mass is 19.4. The van der Waals surface area contributed by atoms with E-state index in [2.05, 4.69) is 10.3 Å². The minimum Gasteiger partial charge on any atom is -0.355 e. The van der Waals surface area contributed by atoms with Gasteiger partial charge in [-0.2, -0.15) is 13.2 Å². The second kappa shape index (κ2) is 3.66. The summed E-state index contributed by atoms with van der Waals surface area (Å²) in [5.41, 5.74) is -3.03. The Hall–Kier alpha value is -1.70. The van der Waals surface area contributed by atoms with Crippen molar-refractivity contribution in [1.29, 1.82) is 0 Å². The average molecular weight is 252 g/mol. The van der Waals surface area contributed by atoms with Gasteiger partial charge < -0.3 is 10.4 Å². The number of alkyl halides is 3. The van der Waals surface area contributed by atoms with E-state index < -0.39 is 35.4 Å². The minimum atomic E-state index is -4.98. The number of halogens is 5. The Bertz CT molecular complexity index is 497. The van der Waals surface area contributed by atoms with Crippen molar-refractivity contribution in [3.05, 3.63) is 29.3 Å². The highest BCUT2D eigenvalue weighted by Gasteiger charge is 2.42. The summed E-state index contributed by atoms with van der Waals surface area (Å²) < 4.78 is 63.8. The van der Waals surface area contributed by atoms with E-state index in [0.717, 1.165) is 6.07 Å². The van der Waals surface area contributed by atoms with E-state index in [1.165, 1.54) is 0 Å². The van der Waals surface area contributed by atoms with Crippen molar-refractivity contribution < 1.29 is 27.1 Å². The van der Waals surface area contributed by atoms with E-state index >= 15 is 0 Å². The molecule has 1 aromatic carbocycles. The van der Waals surface area contributed by atoms with Crippen LogP contribution in [0.3, 0.4) is 0 Å². The van der Waals surface area contributed by atoms with E-state index in [1.807, 2.05) is 0 Å². The van der Waals surface area contributed by atoms with Gasteiger partial charge in [0.1, 0.15) is 0 Å². The first-order valence-electron chi connectivity index (χ1n) is 4.38. The van der Waals surface area contributed by atoms with E-state index in [0.29, 0.717) is 6.07 Å². The van der Waals surface area contributed by atoms with Gasteiger partial charge >= 0.3 is 6.18 Å². The summed E-state index contributed by atoms with van der Waals surface area (Å²) >= 11 is 0. The Labute approximate surface area is 91.6 Å². The molecule has 92 valence electrons. The molecule has 1 atom stereocenters. The standard InChI is InChI=1S/C9H5F5N2O/c10-3-1-2-4-5(6(3)11)7(9(12,13)14)16-8(17)15-4/h1-2,8,15,17H. The zero-order valence-corrected chi connectivity index (χ0v) is 8.02. The molecule has 3 nitrogen and oxygen atoms in total. The van der Waals surface area contributed by atoms with Gasteiger partial charge in [0.05, 0.1) is 11.3 Å². The molecule has 17 heavy (non-hydrogen) atoms. The third kappa shape index (κ3) is 1.95. The lowest BCUT2D eigenvalue weighted by Gasteiger charge is -2.23. The molecule has 1 aliphatic rings. The molecule has 0 saturated heterocycles. The second-order valence-corrected chi connectivity index (χ2v) is 3.28. The molecule has 1 heterocycles. The Morgan fingerprint density at radius 1 is 1.24 bits per heavy atom. The maximum absolute atomic E-state index is 13.3. The first kappa shape index (κ1) is 11.8. The fourth-order valence-corrected chi connectivity index (χ4v) is 1.48. The lowest BCUT2D eigenvalue weighted by atomic mass is 10.0. The van der Waals surface area contributed by atoms with Crippen LogP contribution in [0.4, 0.5) is 27.6 Å². The van der Waals surface area contributed by atoms with E-state index in [-0.39, 0.29) is 5.69 Å². The fraction of sp³-hybridized carbons (Fsp3) is 0.222. The molecule has 0 radical (unpaired) electrons. The molecule has 0 saturated carbocycles. The van der Waals surface area contributed by atoms with Gasteiger partial charge in [-0.3, -0.25) is 0 Å². The predicted octanol–water partition coefficient (Wildman–Crippen LogP) is 2.02. The molecule has 2 rings (SSSR count). The Morgan fingerprint density at radius 2 is 1.88 bits per heavy atom. The summed E-state index contributed by atoms with van der Waals surface area (Å²) in [4.78, 5) is 2.83. The number of nitrogens with zero attached hydrogens (tertiary/aromatic N) is 1. The van der Waals surface area contributed by atoms with Crippen molar-refractivity contribution in [2.75, 3.05) is 5.32 Å². The zero-order chi connectivity index (χ0) is 12.8. The highest BCUT2D eigenvalue weighted by molar-refractivity contribution is 6.09. The van der Waals surface area contributed by atoms with Gasteiger partial charge in [0.2, 0.25) is 6.35 Å². The van der Waals surface area contributed by atoms with Crippen molar-refractivity contribution in [2.45, 2.75) is 12.5 Å². The summed E-state index contributed by atoms with van der Waals surface area (Å²) in [7, 11) is 0. The number of fused-ring (bicyclic) bond motifs is 1. The SMILES string of the molecule is OC1N=C(C(F)(F)F)c2c(ccc(F)c2F)N1. The molecule has 8 heteroatoms. The first-order valence-corrected chi connectivity index (χ1v) is 4.38. The smallest absolute Gasteiger partial charge is 0.355 e. The Kier molecular flexibility index (Phi) is 2.53. The van der Waals surface area contributed by atoms with Crippen LogP contribution in [-0.4, -0.2) is 23.3 Å². The molecule has 1 unspecified atom stereocenters. The molecule has 2 N–H and O–H groups in total. The third-order valence-electron chi connectivity index (χ3n) is 2.14. The van der Waals surface area contributed by atoms with Gasteiger partial charge in [0, 0.05) is 0 Å². The molecular formula is C9H5F5N2O. The van der Waals surface area contributed by atoms with Crippen molar-refractivity contribution in [3.63, 3.8) is 0 Å². The van der Waals surface area contributed by atoms with Gasteiger partial charge in [-0.05, 0) is 12.1 Å². The number of hydrogen-bond acceptors (Lipinski definition) is 3. The van der Waals surface area contributed by atoms with Crippen molar-refractivity contribution in [3.8, 4) is 0 Å². The van der Waals surface area contributed by atoms with Crippen LogP contribution in [0, 0.1) is 11.6 Å². The van der Waals surface area contributed by atoms with Gasteiger partial charge in [0.15, 0.2) is 17.3 Å². The summed E-state index contributed by atoms with van der Waals surface area (Å²) in [6, 6.07) is 1.56. The zero-order valence-electron chi connectivity index (χ0n) is 8.02. The van der Waals surface area contributed by atoms with E-state index in [9.17, 15) is 22.0 Å². The summed E-state index contributed by atoms with van der Waals surface area (Å²) in [6.45, 7) is 0. The summed E-state index contributed by atoms with van der Waals surface area (Å²) in [5, 5.41) is 11.1. The molecule has 0 aliphatic carbocycles. The number of rotatable bonds is 0. The van der Waals surface area contributed by atoms with Gasteiger partial charge in [-0.1, -0.05) is 0 Å². The van der Waals surface area contributed by atoms with Crippen LogP contribution >= 0.6 is 0 Å². The highest BCUT2D eigenvalue weighted by Crippen LogP contribution is 2.33. The van der Waals surface area contributed by atoms with Crippen LogP contribution in [0.25, 0.3) is 0 Å². The van der Waals surface area contributed by atoms with Gasteiger partial charge in [-0.25, -0.2) is 13.8 Å². The number of nitrogens with one attached hydrogen (secondary N) is 1. The number of benzene rings is 1. The lowest BCUT2D eigenvalue weighted by molar-refractivity contribution is -0.0594. The Morgan fingerprint density at radius 3 is 2.47 bits per heavy atom. The summed E-state index contributed by atoms with van der Waals surface area (Å²) in [6.07, 6.45) is -6.82. The molecule has 0 aromatic heterocycles.